The van der Waals surface area contributed by atoms with Crippen molar-refractivity contribution in [2.45, 2.75) is 25.9 Å². The van der Waals surface area contributed by atoms with Gasteiger partial charge in [0.15, 0.2) is 5.16 Å². The lowest BCUT2D eigenvalue weighted by molar-refractivity contribution is 0.269. The van der Waals surface area contributed by atoms with Crippen LogP contribution in [0.5, 0.6) is 0 Å². The first-order valence-electron chi connectivity index (χ1n) is 7.53. The number of hydrogen-bond donors (Lipinski definition) is 1. The molecule has 0 atom stereocenters. The lowest BCUT2D eigenvalue weighted by Gasteiger charge is -2.09. The van der Waals surface area contributed by atoms with Gasteiger partial charge in [0.05, 0.1) is 15.6 Å². The van der Waals surface area contributed by atoms with E-state index >= 15 is 0 Å². The van der Waals surface area contributed by atoms with Gasteiger partial charge in [0.1, 0.15) is 0 Å². The number of nitrogens with one attached hydrogen (secondary N) is 1. The minimum atomic E-state index is -0.291. The summed E-state index contributed by atoms with van der Waals surface area (Å²) < 4.78 is 0. The number of amides is 1. The van der Waals surface area contributed by atoms with E-state index in [-0.39, 0.29) is 5.24 Å². The van der Waals surface area contributed by atoms with Gasteiger partial charge < -0.3 is 5.32 Å². The average molecular weight is 392 g/mol. The van der Waals surface area contributed by atoms with Crippen molar-refractivity contribution >= 4 is 56.8 Å². The van der Waals surface area contributed by atoms with Crippen LogP contribution in [0.1, 0.15) is 16.8 Å². The number of rotatable bonds is 2. The number of halogens is 2. The number of anilines is 1. The van der Waals surface area contributed by atoms with Crippen LogP contribution >= 0.6 is 35.0 Å². The Balaban J connectivity index is 1.83. The van der Waals surface area contributed by atoms with Gasteiger partial charge in [-0.25, -0.2) is 9.97 Å². The molecule has 1 heterocycles. The Labute approximate surface area is 160 Å². The molecule has 0 aliphatic rings. The highest BCUT2D eigenvalue weighted by Crippen LogP contribution is 2.27. The predicted molar refractivity (Wildman–Crippen MR) is 105 cm³/mol. The molecule has 3 rings (SSSR count). The fourth-order valence-electron chi connectivity index (χ4n) is 2.36. The second-order valence-corrected chi connectivity index (χ2v) is 7.44. The van der Waals surface area contributed by atoms with E-state index in [0.717, 1.165) is 33.9 Å². The van der Waals surface area contributed by atoms with E-state index in [9.17, 15) is 4.79 Å². The maximum atomic E-state index is 12.2. The average Bonchev–Trinajstić information content (AvgIpc) is 2.53. The van der Waals surface area contributed by atoms with Gasteiger partial charge in [-0.3, -0.25) is 4.79 Å². The van der Waals surface area contributed by atoms with E-state index in [4.69, 9.17) is 23.2 Å². The van der Waals surface area contributed by atoms with E-state index in [0.29, 0.717) is 20.9 Å². The Morgan fingerprint density at radius 1 is 1.00 bits per heavy atom. The number of carbonyl (C=O) groups is 1. The number of fused-ring (bicyclic) bond motifs is 1. The van der Waals surface area contributed by atoms with E-state index in [1.807, 2.05) is 19.9 Å². The van der Waals surface area contributed by atoms with Crippen molar-refractivity contribution in [3.8, 4) is 0 Å². The molecule has 0 radical (unpaired) electrons. The molecular weight excluding hydrogens is 377 g/mol. The van der Waals surface area contributed by atoms with Crippen LogP contribution in [0.4, 0.5) is 10.5 Å². The van der Waals surface area contributed by atoms with Gasteiger partial charge in [-0.2, -0.15) is 0 Å². The summed E-state index contributed by atoms with van der Waals surface area (Å²) in [5, 5.41) is 4.68. The van der Waals surface area contributed by atoms with Gasteiger partial charge in [0, 0.05) is 28.5 Å². The first kappa shape index (κ1) is 18.0. The zero-order valence-electron chi connectivity index (χ0n) is 13.9. The van der Waals surface area contributed by atoms with Crippen LogP contribution in [0.25, 0.3) is 10.9 Å². The van der Waals surface area contributed by atoms with Crippen molar-refractivity contribution in [1.29, 1.82) is 0 Å². The van der Waals surface area contributed by atoms with Crippen molar-refractivity contribution in [1.82, 2.24) is 9.97 Å². The molecule has 1 amide bonds. The van der Waals surface area contributed by atoms with E-state index in [1.165, 1.54) is 5.56 Å². The summed E-state index contributed by atoms with van der Waals surface area (Å²) >= 11 is 12.8. The SMILES string of the molecule is Cc1cc2nc(SC(=O)Nc3ccc(Cl)c(Cl)c3)nc(C)c2cc1C. The molecule has 2 aromatic carbocycles. The van der Waals surface area contributed by atoms with Crippen LogP contribution in [0.3, 0.4) is 0 Å². The molecule has 0 saturated carbocycles. The van der Waals surface area contributed by atoms with Crippen LogP contribution < -0.4 is 5.32 Å². The molecule has 0 bridgehead atoms. The van der Waals surface area contributed by atoms with Crippen LogP contribution in [-0.4, -0.2) is 15.2 Å². The standard InChI is InChI=1S/C18H15Cl2N3OS/c1-9-6-13-11(3)21-17(23-16(13)7-10(9)2)25-18(24)22-12-4-5-14(19)15(20)8-12/h4-8H,1-3H3,(H,22,24). The molecule has 128 valence electrons. The Bertz CT molecular complexity index is 992. The first-order chi connectivity index (χ1) is 11.8. The topological polar surface area (TPSA) is 54.9 Å². The lowest BCUT2D eigenvalue weighted by Crippen LogP contribution is -2.06. The van der Waals surface area contributed by atoms with E-state index < -0.39 is 0 Å². The molecule has 4 nitrogen and oxygen atoms in total. The molecule has 0 aliphatic heterocycles. The van der Waals surface area contributed by atoms with Crippen LogP contribution in [-0.2, 0) is 0 Å². The monoisotopic (exact) mass is 391 g/mol. The summed E-state index contributed by atoms with van der Waals surface area (Å²) in [5.41, 5.74) is 4.59. The molecule has 3 aromatic rings. The third kappa shape index (κ3) is 4.06. The molecule has 0 fully saturated rings. The second-order valence-electron chi connectivity index (χ2n) is 5.69. The molecule has 0 aliphatic carbocycles. The zero-order chi connectivity index (χ0) is 18.1. The Hall–Kier alpha value is -1.82. The number of aromatic nitrogens is 2. The first-order valence-corrected chi connectivity index (χ1v) is 9.10. The number of hydrogen-bond acceptors (Lipinski definition) is 4. The van der Waals surface area contributed by atoms with E-state index in [1.54, 1.807) is 18.2 Å². The van der Waals surface area contributed by atoms with Crippen molar-refractivity contribution in [3.63, 3.8) is 0 Å². The van der Waals surface area contributed by atoms with Crippen LogP contribution in [0, 0.1) is 20.8 Å². The molecule has 7 heteroatoms. The van der Waals surface area contributed by atoms with Crippen molar-refractivity contribution in [2.24, 2.45) is 0 Å². The second kappa shape index (κ2) is 7.20. The third-order valence-corrected chi connectivity index (χ3v) is 5.22. The van der Waals surface area contributed by atoms with Gasteiger partial charge in [0.25, 0.3) is 5.24 Å². The smallest absolute Gasteiger partial charge is 0.291 e. The number of aryl methyl sites for hydroxylation is 3. The van der Waals surface area contributed by atoms with Crippen LogP contribution in [0.2, 0.25) is 10.0 Å². The zero-order valence-corrected chi connectivity index (χ0v) is 16.2. The highest BCUT2D eigenvalue weighted by Gasteiger charge is 2.12. The molecule has 0 unspecified atom stereocenters. The maximum Gasteiger partial charge on any atom is 0.291 e. The summed E-state index contributed by atoms with van der Waals surface area (Å²) in [6, 6.07) is 9.00. The quantitative estimate of drug-likeness (QED) is 0.418. The summed E-state index contributed by atoms with van der Waals surface area (Å²) in [4.78, 5) is 21.2. The Kier molecular flexibility index (Phi) is 5.18. The third-order valence-electron chi connectivity index (χ3n) is 3.83. The minimum absolute atomic E-state index is 0.291. The van der Waals surface area contributed by atoms with E-state index in [2.05, 4.69) is 28.3 Å². The number of thioether (sulfide) groups is 1. The largest absolute Gasteiger partial charge is 0.316 e. The number of carbonyl (C=O) groups excluding carboxylic acids is 1. The number of benzene rings is 2. The minimum Gasteiger partial charge on any atom is -0.316 e. The fourth-order valence-corrected chi connectivity index (χ4v) is 3.32. The van der Waals surface area contributed by atoms with Gasteiger partial charge in [-0.15, -0.1) is 0 Å². The summed E-state index contributed by atoms with van der Waals surface area (Å²) in [6.07, 6.45) is 0. The summed E-state index contributed by atoms with van der Waals surface area (Å²) in [5.74, 6) is 0. The normalized spacial score (nSPS) is 10.9. The predicted octanol–water partition coefficient (Wildman–Crippen LogP) is 6.19. The summed E-state index contributed by atoms with van der Waals surface area (Å²) in [6.45, 7) is 6.01. The van der Waals surface area contributed by atoms with Crippen LogP contribution in [0.15, 0.2) is 35.5 Å². The van der Waals surface area contributed by atoms with Gasteiger partial charge in [0.2, 0.25) is 0 Å². The maximum absolute atomic E-state index is 12.2. The van der Waals surface area contributed by atoms with Gasteiger partial charge in [-0.1, -0.05) is 23.2 Å². The fraction of sp³-hybridized carbons (Fsp3) is 0.167. The van der Waals surface area contributed by atoms with Crippen molar-refractivity contribution in [3.05, 3.63) is 57.2 Å². The van der Waals surface area contributed by atoms with Gasteiger partial charge >= 0.3 is 0 Å². The highest BCUT2D eigenvalue weighted by atomic mass is 35.5. The molecule has 1 aromatic heterocycles. The number of nitrogens with zero attached hydrogens (tertiary/aromatic N) is 2. The van der Waals surface area contributed by atoms with Crippen molar-refractivity contribution in [2.75, 3.05) is 5.32 Å². The molecule has 0 saturated heterocycles. The molecule has 25 heavy (non-hydrogen) atoms. The highest BCUT2D eigenvalue weighted by molar-refractivity contribution is 8.13. The Morgan fingerprint density at radius 3 is 2.44 bits per heavy atom. The molecule has 0 spiro atoms. The van der Waals surface area contributed by atoms with Crippen molar-refractivity contribution < 1.29 is 4.79 Å². The summed E-state index contributed by atoms with van der Waals surface area (Å²) in [7, 11) is 0. The van der Waals surface area contributed by atoms with Gasteiger partial charge in [-0.05, 0) is 62.2 Å². The molecular formula is C18H15Cl2N3OS. The Morgan fingerprint density at radius 2 is 1.72 bits per heavy atom. The lowest BCUT2D eigenvalue weighted by atomic mass is 10.1. The molecule has 1 N–H and O–H groups in total.